The number of rotatable bonds is 3. The molecule has 0 saturated heterocycles. The smallest absolute Gasteiger partial charge is 0.246 e. The molecule has 0 atom stereocenters. The van der Waals surface area contributed by atoms with E-state index < -0.39 is 0 Å². The van der Waals surface area contributed by atoms with Gasteiger partial charge in [0.05, 0.1) is 5.69 Å². The normalized spacial score (nSPS) is 10.2. The Bertz CT molecular complexity index is 539. The number of amides is 1. The van der Waals surface area contributed by atoms with E-state index in [1.165, 1.54) is 4.68 Å². The van der Waals surface area contributed by atoms with Gasteiger partial charge < -0.3 is 11.1 Å². The summed E-state index contributed by atoms with van der Waals surface area (Å²) in [5.41, 5.74) is 5.91. The van der Waals surface area contributed by atoms with Crippen LogP contribution in [0.25, 0.3) is 0 Å². The minimum atomic E-state index is -0.247. The Hall–Kier alpha value is -2.08. The summed E-state index contributed by atoms with van der Waals surface area (Å²) in [6.45, 7) is 0.0718. The number of nitrogens with zero attached hydrogens (tertiary/aromatic N) is 3. The number of halogens is 1. The van der Waals surface area contributed by atoms with Crippen molar-refractivity contribution in [3.63, 3.8) is 0 Å². The molecule has 0 aliphatic rings. The molecule has 88 valence electrons. The van der Waals surface area contributed by atoms with Crippen molar-refractivity contribution in [1.29, 1.82) is 0 Å². The van der Waals surface area contributed by atoms with Crippen molar-refractivity contribution in [2.45, 2.75) is 6.54 Å². The summed E-state index contributed by atoms with van der Waals surface area (Å²) in [6.07, 6.45) is 3.17. The molecule has 0 spiro atoms. The van der Waals surface area contributed by atoms with Crippen molar-refractivity contribution in [2.24, 2.45) is 0 Å². The van der Waals surface area contributed by atoms with Gasteiger partial charge in [0, 0.05) is 12.4 Å². The van der Waals surface area contributed by atoms with Crippen molar-refractivity contribution in [1.82, 2.24) is 14.8 Å². The fourth-order valence-corrected chi connectivity index (χ4v) is 1.45. The molecule has 7 heteroatoms. The number of anilines is 2. The van der Waals surface area contributed by atoms with E-state index in [1.54, 1.807) is 30.6 Å². The fourth-order valence-electron chi connectivity index (χ4n) is 1.28. The third-order valence-corrected chi connectivity index (χ3v) is 2.30. The zero-order chi connectivity index (χ0) is 12.3. The van der Waals surface area contributed by atoms with Crippen LogP contribution in [0.5, 0.6) is 0 Å². The van der Waals surface area contributed by atoms with Gasteiger partial charge in [-0.2, -0.15) is 5.10 Å². The van der Waals surface area contributed by atoms with Gasteiger partial charge in [0.25, 0.3) is 0 Å². The molecule has 2 rings (SSSR count). The van der Waals surface area contributed by atoms with Gasteiger partial charge in [-0.25, -0.2) is 4.98 Å². The van der Waals surface area contributed by atoms with Crippen LogP contribution in [0, 0.1) is 0 Å². The molecule has 3 N–H and O–H groups in total. The van der Waals surface area contributed by atoms with Gasteiger partial charge in [0.2, 0.25) is 5.91 Å². The van der Waals surface area contributed by atoms with Crippen LogP contribution in [0.15, 0.2) is 30.6 Å². The average Bonchev–Trinajstić information content (AvgIpc) is 2.67. The number of carbonyl (C=O) groups is 1. The highest BCUT2D eigenvalue weighted by Gasteiger charge is 2.07. The maximum Gasteiger partial charge on any atom is 0.246 e. The zero-order valence-corrected chi connectivity index (χ0v) is 9.55. The molecule has 0 saturated carbocycles. The highest BCUT2D eigenvalue weighted by atomic mass is 35.5. The molecule has 2 heterocycles. The summed E-state index contributed by atoms with van der Waals surface area (Å²) in [5.74, 6) is 0.125. The molecule has 0 aliphatic heterocycles. The number of hydrogen-bond donors (Lipinski definition) is 2. The minimum Gasteiger partial charge on any atom is -0.382 e. The molecule has 0 fully saturated rings. The van der Waals surface area contributed by atoms with Crippen LogP contribution in [0.2, 0.25) is 5.15 Å². The van der Waals surface area contributed by atoms with Crippen molar-refractivity contribution in [3.8, 4) is 0 Å². The summed E-state index contributed by atoms with van der Waals surface area (Å²) in [5, 5.41) is 6.78. The van der Waals surface area contributed by atoms with Crippen LogP contribution >= 0.6 is 11.6 Å². The molecule has 1 amide bonds. The highest BCUT2D eigenvalue weighted by Crippen LogP contribution is 2.17. The van der Waals surface area contributed by atoms with E-state index in [0.29, 0.717) is 11.5 Å². The van der Waals surface area contributed by atoms with E-state index in [-0.39, 0.29) is 17.6 Å². The first-order valence-electron chi connectivity index (χ1n) is 4.84. The number of nitrogens with two attached hydrogens (primary N) is 1. The first-order chi connectivity index (χ1) is 8.15. The monoisotopic (exact) mass is 251 g/mol. The quantitative estimate of drug-likeness (QED) is 0.802. The number of aromatic nitrogens is 3. The third kappa shape index (κ3) is 2.94. The first-order valence-corrected chi connectivity index (χ1v) is 5.22. The summed E-state index contributed by atoms with van der Waals surface area (Å²) in [4.78, 5) is 15.5. The standard InChI is InChI=1S/C10H10ClN5O/c11-10-7(2-1-4-13-10)14-9(17)6-16-5-3-8(12)15-16/h1-5H,6H2,(H2,12,15)(H,14,17). The van der Waals surface area contributed by atoms with Crippen LogP contribution in [0.4, 0.5) is 11.5 Å². The Morgan fingerprint density at radius 3 is 3.00 bits per heavy atom. The van der Waals surface area contributed by atoms with E-state index in [2.05, 4.69) is 15.4 Å². The van der Waals surface area contributed by atoms with E-state index in [9.17, 15) is 4.79 Å². The summed E-state index contributed by atoms with van der Waals surface area (Å²) in [7, 11) is 0. The molecule has 2 aromatic heterocycles. The molecule has 17 heavy (non-hydrogen) atoms. The summed E-state index contributed by atoms with van der Waals surface area (Å²) in [6, 6.07) is 4.97. The number of hydrogen-bond acceptors (Lipinski definition) is 4. The number of pyridine rings is 1. The maximum absolute atomic E-state index is 11.6. The van der Waals surface area contributed by atoms with Crippen LogP contribution < -0.4 is 11.1 Å². The van der Waals surface area contributed by atoms with E-state index in [4.69, 9.17) is 17.3 Å². The van der Waals surface area contributed by atoms with Crippen molar-refractivity contribution >= 4 is 29.0 Å². The number of carbonyl (C=O) groups excluding carboxylic acids is 1. The van der Waals surface area contributed by atoms with Gasteiger partial charge >= 0.3 is 0 Å². The molecule has 0 aliphatic carbocycles. The SMILES string of the molecule is Nc1ccn(CC(=O)Nc2cccnc2Cl)n1. The molecule has 0 aromatic carbocycles. The third-order valence-electron chi connectivity index (χ3n) is 2.00. The highest BCUT2D eigenvalue weighted by molar-refractivity contribution is 6.32. The Labute approximate surface area is 102 Å². The Morgan fingerprint density at radius 2 is 2.35 bits per heavy atom. The van der Waals surface area contributed by atoms with E-state index in [0.717, 1.165) is 0 Å². The summed E-state index contributed by atoms with van der Waals surface area (Å²) < 4.78 is 1.44. The first kappa shape index (κ1) is 11.4. The molecule has 0 bridgehead atoms. The second kappa shape index (κ2) is 4.84. The van der Waals surface area contributed by atoms with Gasteiger partial charge in [-0.3, -0.25) is 9.48 Å². The lowest BCUT2D eigenvalue weighted by molar-refractivity contribution is -0.116. The van der Waals surface area contributed by atoms with Gasteiger partial charge in [0.15, 0.2) is 5.15 Å². The topological polar surface area (TPSA) is 85.8 Å². The lowest BCUT2D eigenvalue weighted by atomic mass is 10.4. The fraction of sp³-hybridized carbons (Fsp3) is 0.100. The molecular weight excluding hydrogens is 242 g/mol. The van der Waals surface area contributed by atoms with Crippen LogP contribution in [-0.4, -0.2) is 20.7 Å². The largest absolute Gasteiger partial charge is 0.382 e. The molecule has 6 nitrogen and oxygen atoms in total. The lowest BCUT2D eigenvalue weighted by Crippen LogP contribution is -2.19. The Morgan fingerprint density at radius 1 is 1.53 bits per heavy atom. The number of nitrogens with one attached hydrogen (secondary N) is 1. The van der Waals surface area contributed by atoms with Crippen LogP contribution in [0.1, 0.15) is 0 Å². The maximum atomic E-state index is 11.6. The van der Waals surface area contributed by atoms with Crippen molar-refractivity contribution in [2.75, 3.05) is 11.1 Å². The lowest BCUT2D eigenvalue weighted by Gasteiger charge is -2.06. The van der Waals surface area contributed by atoms with Crippen LogP contribution in [-0.2, 0) is 11.3 Å². The number of nitrogen functional groups attached to an aromatic ring is 1. The average molecular weight is 252 g/mol. The van der Waals surface area contributed by atoms with Gasteiger partial charge in [-0.1, -0.05) is 11.6 Å². The predicted molar refractivity (Wildman–Crippen MR) is 64.5 cm³/mol. The van der Waals surface area contributed by atoms with Crippen LogP contribution in [0.3, 0.4) is 0 Å². The Balaban J connectivity index is 2.01. The van der Waals surface area contributed by atoms with Crippen molar-refractivity contribution < 1.29 is 4.79 Å². The summed E-state index contributed by atoms with van der Waals surface area (Å²) >= 11 is 5.81. The zero-order valence-electron chi connectivity index (χ0n) is 8.80. The van der Waals surface area contributed by atoms with E-state index >= 15 is 0 Å². The second-order valence-electron chi connectivity index (χ2n) is 3.33. The minimum absolute atomic E-state index is 0.0718. The van der Waals surface area contributed by atoms with Gasteiger partial charge in [-0.15, -0.1) is 0 Å². The molecule has 2 aromatic rings. The van der Waals surface area contributed by atoms with Gasteiger partial charge in [-0.05, 0) is 18.2 Å². The second-order valence-corrected chi connectivity index (χ2v) is 3.69. The molecule has 0 unspecified atom stereocenters. The van der Waals surface area contributed by atoms with Crippen molar-refractivity contribution in [3.05, 3.63) is 35.7 Å². The van der Waals surface area contributed by atoms with E-state index in [1.807, 2.05) is 0 Å². The predicted octanol–water partition coefficient (Wildman–Crippen LogP) is 1.15. The molecular formula is C10H10ClN5O. The molecule has 0 radical (unpaired) electrons. The Kier molecular flexibility index (Phi) is 3.24. The van der Waals surface area contributed by atoms with Gasteiger partial charge in [0.1, 0.15) is 12.4 Å².